The molecule has 0 unspecified atom stereocenters. The monoisotopic (exact) mass is 314 g/mol. The SMILES string of the molecule is Cc1nn(C)c(C)c1-c1ccc(C(=O)O)c(OC(F)(F)F)c1. The molecule has 0 atom stereocenters. The highest BCUT2D eigenvalue weighted by atomic mass is 19.4. The summed E-state index contributed by atoms with van der Waals surface area (Å²) in [5, 5.41) is 13.2. The molecule has 0 fully saturated rings. The Hall–Kier alpha value is -2.51. The summed E-state index contributed by atoms with van der Waals surface area (Å²) in [6, 6.07) is 3.59. The van der Waals surface area contributed by atoms with Gasteiger partial charge in [-0.05, 0) is 31.5 Å². The number of hydrogen-bond acceptors (Lipinski definition) is 3. The van der Waals surface area contributed by atoms with Crippen LogP contribution < -0.4 is 4.74 Å². The van der Waals surface area contributed by atoms with Gasteiger partial charge in [-0.15, -0.1) is 13.2 Å². The minimum atomic E-state index is -4.97. The summed E-state index contributed by atoms with van der Waals surface area (Å²) in [6.45, 7) is 3.49. The van der Waals surface area contributed by atoms with Gasteiger partial charge >= 0.3 is 12.3 Å². The molecule has 1 aromatic heterocycles. The maximum Gasteiger partial charge on any atom is 0.573 e. The molecule has 0 aliphatic rings. The molecule has 0 saturated heterocycles. The number of hydrogen-bond donors (Lipinski definition) is 1. The quantitative estimate of drug-likeness (QED) is 0.944. The topological polar surface area (TPSA) is 64.4 Å². The molecule has 22 heavy (non-hydrogen) atoms. The lowest BCUT2D eigenvalue weighted by Crippen LogP contribution is -2.19. The minimum absolute atomic E-state index is 0.410. The highest BCUT2D eigenvalue weighted by Crippen LogP contribution is 2.34. The zero-order valence-electron chi connectivity index (χ0n) is 12.0. The Morgan fingerprint density at radius 1 is 1.32 bits per heavy atom. The average molecular weight is 314 g/mol. The van der Waals surface area contributed by atoms with Crippen molar-refractivity contribution in [2.75, 3.05) is 0 Å². The van der Waals surface area contributed by atoms with Crippen molar-refractivity contribution < 1.29 is 27.8 Å². The van der Waals surface area contributed by atoms with Crippen molar-refractivity contribution in [3.63, 3.8) is 0 Å². The third-order valence-corrected chi connectivity index (χ3v) is 3.24. The predicted octanol–water partition coefficient (Wildman–Crippen LogP) is 3.30. The van der Waals surface area contributed by atoms with Crippen LogP contribution in [0.2, 0.25) is 0 Å². The fraction of sp³-hybridized carbons (Fsp3) is 0.286. The van der Waals surface area contributed by atoms with Gasteiger partial charge in [0.15, 0.2) is 0 Å². The van der Waals surface area contributed by atoms with Crippen LogP contribution in [0.5, 0.6) is 5.75 Å². The molecule has 2 rings (SSSR count). The van der Waals surface area contributed by atoms with Crippen LogP contribution in [0.4, 0.5) is 13.2 Å². The summed E-state index contributed by atoms with van der Waals surface area (Å²) in [5.74, 6) is -2.24. The summed E-state index contributed by atoms with van der Waals surface area (Å²) in [4.78, 5) is 11.0. The number of benzene rings is 1. The molecule has 0 saturated carbocycles. The number of carboxylic acids is 1. The Balaban J connectivity index is 2.60. The Kier molecular flexibility index (Phi) is 3.87. The largest absolute Gasteiger partial charge is 0.573 e. The Bertz CT molecular complexity index is 736. The zero-order valence-corrected chi connectivity index (χ0v) is 12.0. The highest BCUT2D eigenvalue weighted by Gasteiger charge is 2.33. The number of aromatic carboxylic acids is 1. The number of carbonyl (C=O) groups is 1. The molecular formula is C14H13F3N2O3. The smallest absolute Gasteiger partial charge is 0.478 e. The predicted molar refractivity (Wildman–Crippen MR) is 71.8 cm³/mol. The molecule has 0 aliphatic carbocycles. The lowest BCUT2D eigenvalue weighted by molar-refractivity contribution is -0.274. The van der Waals surface area contributed by atoms with Crippen LogP contribution in [0.1, 0.15) is 21.7 Å². The standard InChI is InChI=1S/C14H13F3N2O3/c1-7-12(8(2)19(3)18-7)9-4-5-10(13(20)21)11(6-9)22-14(15,16)17/h4-6H,1-3H3,(H,20,21). The van der Waals surface area contributed by atoms with Gasteiger partial charge in [-0.25, -0.2) is 4.79 Å². The van der Waals surface area contributed by atoms with Crippen LogP contribution in [0.3, 0.4) is 0 Å². The summed E-state index contributed by atoms with van der Waals surface area (Å²) in [7, 11) is 1.71. The van der Waals surface area contributed by atoms with Crippen LogP contribution in [-0.2, 0) is 7.05 Å². The molecular weight excluding hydrogens is 301 g/mol. The molecule has 2 aromatic rings. The first-order valence-corrected chi connectivity index (χ1v) is 6.24. The average Bonchev–Trinajstić information content (AvgIpc) is 2.60. The highest BCUT2D eigenvalue weighted by molar-refractivity contribution is 5.92. The van der Waals surface area contributed by atoms with E-state index in [1.165, 1.54) is 6.07 Å². The maximum atomic E-state index is 12.4. The molecule has 1 aromatic carbocycles. The molecule has 8 heteroatoms. The number of halogens is 3. The molecule has 0 amide bonds. The van der Waals surface area contributed by atoms with Gasteiger partial charge in [0, 0.05) is 18.3 Å². The molecule has 118 valence electrons. The number of ether oxygens (including phenoxy) is 1. The molecule has 1 heterocycles. The van der Waals surface area contributed by atoms with Crippen LogP contribution in [-0.4, -0.2) is 27.2 Å². The van der Waals surface area contributed by atoms with Crippen LogP contribution in [0, 0.1) is 13.8 Å². The van der Waals surface area contributed by atoms with Crippen molar-refractivity contribution in [1.82, 2.24) is 9.78 Å². The van der Waals surface area contributed by atoms with E-state index in [-0.39, 0.29) is 0 Å². The second-order valence-corrected chi connectivity index (χ2v) is 4.73. The summed E-state index contributed by atoms with van der Waals surface area (Å²) in [5.41, 5.74) is 1.87. The van der Waals surface area contributed by atoms with Crippen LogP contribution in [0.15, 0.2) is 18.2 Å². The Labute approximate surface area is 123 Å². The molecule has 0 radical (unpaired) electrons. The van der Waals surface area contributed by atoms with E-state index in [0.29, 0.717) is 16.8 Å². The fourth-order valence-corrected chi connectivity index (χ4v) is 2.26. The van der Waals surface area contributed by atoms with Crippen molar-refractivity contribution in [2.45, 2.75) is 20.2 Å². The second-order valence-electron chi connectivity index (χ2n) is 4.73. The second kappa shape index (κ2) is 5.36. The van der Waals surface area contributed by atoms with E-state index >= 15 is 0 Å². The lowest BCUT2D eigenvalue weighted by atomic mass is 10.0. The summed E-state index contributed by atoms with van der Waals surface area (Å²) < 4.78 is 42.8. The molecule has 1 N–H and O–H groups in total. The van der Waals surface area contributed by atoms with Gasteiger partial charge in [-0.2, -0.15) is 5.10 Å². The number of nitrogens with zero attached hydrogens (tertiary/aromatic N) is 2. The van der Waals surface area contributed by atoms with Gasteiger partial charge in [-0.1, -0.05) is 6.07 Å². The van der Waals surface area contributed by atoms with E-state index in [1.807, 2.05) is 0 Å². The Morgan fingerprint density at radius 3 is 2.41 bits per heavy atom. The van der Waals surface area contributed by atoms with Crippen LogP contribution in [0.25, 0.3) is 11.1 Å². The summed E-state index contributed by atoms with van der Waals surface area (Å²) in [6.07, 6.45) is -4.97. The van der Waals surface area contributed by atoms with Gasteiger partial charge < -0.3 is 9.84 Å². The molecule has 0 spiro atoms. The van der Waals surface area contributed by atoms with E-state index in [0.717, 1.165) is 17.8 Å². The molecule has 0 bridgehead atoms. The van der Waals surface area contributed by atoms with Gasteiger partial charge in [0.25, 0.3) is 0 Å². The van der Waals surface area contributed by atoms with E-state index in [2.05, 4.69) is 9.84 Å². The first kappa shape index (κ1) is 15.9. The van der Waals surface area contributed by atoms with Gasteiger partial charge in [0.2, 0.25) is 0 Å². The van der Waals surface area contributed by atoms with Crippen LogP contribution >= 0.6 is 0 Å². The maximum absolute atomic E-state index is 12.4. The molecule has 0 aliphatic heterocycles. The number of aryl methyl sites for hydroxylation is 2. The third-order valence-electron chi connectivity index (χ3n) is 3.24. The minimum Gasteiger partial charge on any atom is -0.478 e. The van der Waals surface area contributed by atoms with E-state index < -0.39 is 23.6 Å². The lowest BCUT2D eigenvalue weighted by Gasteiger charge is -2.13. The Morgan fingerprint density at radius 2 is 1.95 bits per heavy atom. The number of rotatable bonds is 3. The van der Waals surface area contributed by atoms with Gasteiger partial charge in [0.05, 0.1) is 5.69 Å². The number of carboxylic acid groups (broad SMARTS) is 1. The van der Waals surface area contributed by atoms with Gasteiger partial charge in [-0.3, -0.25) is 4.68 Å². The first-order chi connectivity index (χ1) is 10.1. The van der Waals surface area contributed by atoms with E-state index in [4.69, 9.17) is 5.11 Å². The van der Waals surface area contributed by atoms with Crippen molar-refractivity contribution in [1.29, 1.82) is 0 Å². The van der Waals surface area contributed by atoms with Crippen molar-refractivity contribution >= 4 is 5.97 Å². The number of alkyl halides is 3. The number of aromatic nitrogens is 2. The van der Waals surface area contributed by atoms with Crippen molar-refractivity contribution in [2.24, 2.45) is 7.05 Å². The fourth-order valence-electron chi connectivity index (χ4n) is 2.26. The zero-order chi connectivity index (χ0) is 16.7. The van der Waals surface area contributed by atoms with Crippen molar-refractivity contribution in [3.8, 4) is 16.9 Å². The van der Waals surface area contributed by atoms with E-state index in [1.54, 1.807) is 25.6 Å². The molecule has 5 nitrogen and oxygen atoms in total. The summed E-state index contributed by atoms with van der Waals surface area (Å²) >= 11 is 0. The van der Waals surface area contributed by atoms with E-state index in [9.17, 15) is 18.0 Å². The van der Waals surface area contributed by atoms with Gasteiger partial charge in [0.1, 0.15) is 11.3 Å². The van der Waals surface area contributed by atoms with Crippen molar-refractivity contribution in [3.05, 3.63) is 35.2 Å². The first-order valence-electron chi connectivity index (χ1n) is 6.24. The third kappa shape index (κ3) is 3.05. The normalized spacial score (nSPS) is 11.5.